The monoisotopic (exact) mass is 259 g/mol. The number of rotatable bonds is 5. The minimum absolute atomic E-state index is 0.155. The Kier molecular flexibility index (Phi) is 4.30. The van der Waals surface area contributed by atoms with Gasteiger partial charge < -0.3 is 10.1 Å². The Morgan fingerprint density at radius 2 is 2.11 bits per heavy atom. The summed E-state index contributed by atoms with van der Waals surface area (Å²) in [7, 11) is 0. The SMILES string of the molecule is CC(C)OCc1ccc(C(=O)Nc2cn[nH]c2)cc1. The number of nitrogens with one attached hydrogen (secondary N) is 2. The van der Waals surface area contributed by atoms with Crippen LogP contribution in [0.25, 0.3) is 0 Å². The highest BCUT2D eigenvalue weighted by atomic mass is 16.5. The zero-order valence-corrected chi connectivity index (χ0v) is 11.0. The number of hydrogen-bond donors (Lipinski definition) is 2. The fourth-order valence-electron chi connectivity index (χ4n) is 1.54. The highest BCUT2D eigenvalue weighted by Gasteiger charge is 2.06. The summed E-state index contributed by atoms with van der Waals surface area (Å²) in [5, 5.41) is 9.15. The van der Waals surface area contributed by atoms with Crippen LogP contribution >= 0.6 is 0 Å². The first-order chi connectivity index (χ1) is 9.15. The first kappa shape index (κ1) is 13.3. The van der Waals surface area contributed by atoms with Gasteiger partial charge in [0.15, 0.2) is 0 Å². The van der Waals surface area contributed by atoms with Gasteiger partial charge in [-0.25, -0.2) is 0 Å². The molecule has 0 unspecified atom stereocenters. The van der Waals surface area contributed by atoms with Crippen LogP contribution in [0.5, 0.6) is 0 Å². The van der Waals surface area contributed by atoms with Crippen molar-refractivity contribution in [1.29, 1.82) is 0 Å². The van der Waals surface area contributed by atoms with Gasteiger partial charge in [0, 0.05) is 11.8 Å². The van der Waals surface area contributed by atoms with E-state index in [-0.39, 0.29) is 12.0 Å². The van der Waals surface area contributed by atoms with Gasteiger partial charge in [0.25, 0.3) is 5.91 Å². The van der Waals surface area contributed by atoms with Crippen LogP contribution < -0.4 is 5.32 Å². The molecule has 2 rings (SSSR count). The van der Waals surface area contributed by atoms with Gasteiger partial charge in [-0.15, -0.1) is 0 Å². The first-order valence-electron chi connectivity index (χ1n) is 6.16. The van der Waals surface area contributed by atoms with E-state index in [0.29, 0.717) is 17.9 Å². The van der Waals surface area contributed by atoms with E-state index in [1.165, 1.54) is 0 Å². The van der Waals surface area contributed by atoms with Crippen molar-refractivity contribution in [2.24, 2.45) is 0 Å². The average molecular weight is 259 g/mol. The van der Waals surface area contributed by atoms with Gasteiger partial charge in [0.1, 0.15) is 0 Å². The van der Waals surface area contributed by atoms with Crippen LogP contribution in [-0.4, -0.2) is 22.2 Å². The van der Waals surface area contributed by atoms with Crippen LogP contribution in [0, 0.1) is 0 Å². The maximum Gasteiger partial charge on any atom is 0.255 e. The summed E-state index contributed by atoms with van der Waals surface area (Å²) in [6.07, 6.45) is 3.38. The third-order valence-corrected chi connectivity index (χ3v) is 2.56. The minimum atomic E-state index is -0.155. The first-order valence-corrected chi connectivity index (χ1v) is 6.16. The Hall–Kier alpha value is -2.14. The van der Waals surface area contributed by atoms with E-state index in [1.807, 2.05) is 26.0 Å². The van der Waals surface area contributed by atoms with Gasteiger partial charge in [0.05, 0.1) is 24.6 Å². The molecule has 0 saturated carbocycles. The zero-order chi connectivity index (χ0) is 13.7. The number of hydrogen-bond acceptors (Lipinski definition) is 3. The van der Waals surface area contributed by atoms with Crippen molar-refractivity contribution in [1.82, 2.24) is 10.2 Å². The van der Waals surface area contributed by atoms with Crippen molar-refractivity contribution < 1.29 is 9.53 Å². The van der Waals surface area contributed by atoms with E-state index < -0.39 is 0 Å². The molecule has 0 saturated heterocycles. The number of aromatic nitrogens is 2. The molecular formula is C14H17N3O2. The lowest BCUT2D eigenvalue weighted by Gasteiger charge is -2.08. The molecule has 0 fully saturated rings. The predicted octanol–water partition coefficient (Wildman–Crippen LogP) is 2.59. The summed E-state index contributed by atoms with van der Waals surface area (Å²) in [5.74, 6) is -0.155. The van der Waals surface area contributed by atoms with Gasteiger partial charge in [-0.05, 0) is 31.5 Å². The Balaban J connectivity index is 1.96. The molecular weight excluding hydrogens is 242 g/mol. The molecule has 0 aliphatic rings. The van der Waals surface area contributed by atoms with Crippen molar-refractivity contribution in [2.45, 2.75) is 26.6 Å². The van der Waals surface area contributed by atoms with Crippen molar-refractivity contribution in [3.63, 3.8) is 0 Å². The van der Waals surface area contributed by atoms with Crippen LogP contribution in [-0.2, 0) is 11.3 Å². The lowest BCUT2D eigenvalue weighted by Crippen LogP contribution is -2.11. The Morgan fingerprint density at radius 1 is 1.37 bits per heavy atom. The number of nitrogens with zero attached hydrogens (tertiary/aromatic N) is 1. The predicted molar refractivity (Wildman–Crippen MR) is 72.9 cm³/mol. The molecule has 1 amide bonds. The van der Waals surface area contributed by atoms with E-state index >= 15 is 0 Å². The summed E-state index contributed by atoms with van der Waals surface area (Å²) in [4.78, 5) is 11.9. The molecule has 0 radical (unpaired) electrons. The molecule has 0 spiro atoms. The summed E-state index contributed by atoms with van der Waals surface area (Å²) < 4.78 is 5.50. The molecule has 0 bridgehead atoms. The number of carbonyl (C=O) groups excluding carboxylic acids is 1. The molecule has 2 N–H and O–H groups in total. The standard InChI is InChI=1S/C14H17N3O2/c1-10(2)19-9-11-3-5-12(6-4-11)14(18)17-13-7-15-16-8-13/h3-8,10H,9H2,1-2H3,(H,15,16)(H,17,18). The number of ether oxygens (including phenoxy) is 1. The third-order valence-electron chi connectivity index (χ3n) is 2.56. The largest absolute Gasteiger partial charge is 0.374 e. The summed E-state index contributed by atoms with van der Waals surface area (Å²) >= 11 is 0. The van der Waals surface area contributed by atoms with Gasteiger partial charge >= 0.3 is 0 Å². The van der Waals surface area contributed by atoms with E-state index in [9.17, 15) is 4.79 Å². The second kappa shape index (κ2) is 6.15. The molecule has 0 aliphatic heterocycles. The fourth-order valence-corrected chi connectivity index (χ4v) is 1.54. The number of amides is 1. The maximum atomic E-state index is 11.9. The molecule has 2 aromatic rings. The van der Waals surface area contributed by atoms with E-state index in [1.54, 1.807) is 24.5 Å². The van der Waals surface area contributed by atoms with Crippen molar-refractivity contribution in [3.05, 3.63) is 47.8 Å². The average Bonchev–Trinajstić information content (AvgIpc) is 2.89. The highest BCUT2D eigenvalue weighted by molar-refractivity contribution is 6.04. The molecule has 1 aromatic heterocycles. The molecule has 100 valence electrons. The second-order valence-corrected chi connectivity index (χ2v) is 4.50. The molecule has 1 aromatic carbocycles. The highest BCUT2D eigenvalue weighted by Crippen LogP contribution is 2.10. The number of H-pyrrole nitrogens is 1. The molecule has 1 heterocycles. The topological polar surface area (TPSA) is 67.0 Å². The quantitative estimate of drug-likeness (QED) is 0.867. The van der Waals surface area contributed by atoms with Crippen molar-refractivity contribution >= 4 is 11.6 Å². The van der Waals surface area contributed by atoms with Crippen LogP contribution in [0.15, 0.2) is 36.7 Å². The van der Waals surface area contributed by atoms with E-state index in [2.05, 4.69) is 15.5 Å². The lowest BCUT2D eigenvalue weighted by molar-refractivity contribution is 0.0657. The lowest BCUT2D eigenvalue weighted by atomic mass is 10.1. The Bertz CT molecular complexity index is 518. The maximum absolute atomic E-state index is 11.9. The van der Waals surface area contributed by atoms with Crippen LogP contribution in [0.3, 0.4) is 0 Å². The van der Waals surface area contributed by atoms with Crippen LogP contribution in [0.4, 0.5) is 5.69 Å². The molecule has 5 heteroatoms. The molecule has 0 aliphatic carbocycles. The van der Waals surface area contributed by atoms with Crippen LogP contribution in [0.2, 0.25) is 0 Å². The van der Waals surface area contributed by atoms with E-state index in [4.69, 9.17) is 4.74 Å². The molecule has 0 atom stereocenters. The normalized spacial score (nSPS) is 10.7. The second-order valence-electron chi connectivity index (χ2n) is 4.50. The van der Waals surface area contributed by atoms with Gasteiger partial charge in [0.2, 0.25) is 0 Å². The van der Waals surface area contributed by atoms with Gasteiger partial charge in [-0.1, -0.05) is 12.1 Å². The van der Waals surface area contributed by atoms with Crippen molar-refractivity contribution in [2.75, 3.05) is 5.32 Å². The molecule has 5 nitrogen and oxygen atoms in total. The minimum Gasteiger partial charge on any atom is -0.374 e. The summed E-state index contributed by atoms with van der Waals surface area (Å²) in [6, 6.07) is 7.36. The number of benzene rings is 1. The van der Waals surface area contributed by atoms with Crippen LogP contribution in [0.1, 0.15) is 29.8 Å². The molecule has 19 heavy (non-hydrogen) atoms. The van der Waals surface area contributed by atoms with Gasteiger partial charge in [-0.2, -0.15) is 5.10 Å². The Labute approximate surface area is 112 Å². The van der Waals surface area contributed by atoms with Crippen molar-refractivity contribution in [3.8, 4) is 0 Å². The number of anilines is 1. The summed E-state index contributed by atoms with van der Waals surface area (Å²) in [6.45, 7) is 4.54. The summed E-state index contributed by atoms with van der Waals surface area (Å²) in [5.41, 5.74) is 2.31. The zero-order valence-electron chi connectivity index (χ0n) is 11.0. The fraction of sp³-hybridized carbons (Fsp3) is 0.286. The Morgan fingerprint density at radius 3 is 2.68 bits per heavy atom. The van der Waals surface area contributed by atoms with Gasteiger partial charge in [-0.3, -0.25) is 9.89 Å². The third kappa shape index (κ3) is 3.93. The number of aromatic amines is 1. The van der Waals surface area contributed by atoms with E-state index in [0.717, 1.165) is 5.56 Å². The smallest absolute Gasteiger partial charge is 0.255 e. The number of carbonyl (C=O) groups is 1.